The third-order valence-electron chi connectivity index (χ3n) is 5.92. The van der Waals surface area contributed by atoms with E-state index in [0.717, 1.165) is 0 Å². The molecular weight excluding hydrogens is 532 g/mol. The van der Waals surface area contributed by atoms with Crippen molar-refractivity contribution in [2.24, 2.45) is 10.3 Å². The van der Waals surface area contributed by atoms with Crippen LogP contribution in [0.25, 0.3) is 11.1 Å². The molecule has 2 aromatic heterocycles. The van der Waals surface area contributed by atoms with Crippen molar-refractivity contribution in [2.45, 2.75) is 23.5 Å². The van der Waals surface area contributed by atoms with Crippen LogP contribution in [0.3, 0.4) is 0 Å². The van der Waals surface area contributed by atoms with E-state index in [1.54, 1.807) is 48.5 Å². The number of oxime groups is 1. The summed E-state index contributed by atoms with van der Waals surface area (Å²) >= 11 is 6.04. The summed E-state index contributed by atoms with van der Waals surface area (Å²) in [7, 11) is -3.94. The van der Waals surface area contributed by atoms with Crippen LogP contribution in [0.2, 0.25) is 5.02 Å². The average molecular weight is 553 g/mol. The molecule has 0 fully saturated rings. The number of benzene rings is 2. The van der Waals surface area contributed by atoms with Gasteiger partial charge in [-0.1, -0.05) is 41.0 Å². The number of rotatable bonds is 7. The van der Waals surface area contributed by atoms with Crippen LogP contribution in [0.1, 0.15) is 12.0 Å². The molecular formula is C24H21ClN8O4S. The summed E-state index contributed by atoms with van der Waals surface area (Å²) < 4.78 is 25.4. The fourth-order valence-corrected chi connectivity index (χ4v) is 4.90. The monoisotopic (exact) mass is 552 g/mol. The molecule has 0 radical (unpaired) electrons. The van der Waals surface area contributed by atoms with Crippen LogP contribution < -0.4 is 16.2 Å². The Labute approximate surface area is 222 Å². The van der Waals surface area contributed by atoms with E-state index in [9.17, 15) is 13.2 Å². The van der Waals surface area contributed by atoms with Crippen molar-refractivity contribution < 1.29 is 18.0 Å². The maximum atomic E-state index is 13.5. The van der Waals surface area contributed by atoms with Crippen molar-refractivity contribution in [3.05, 3.63) is 84.0 Å². The SMILES string of the molecule is Nc1cc(C2=NO[C@@](Cn3cncn3)(C(=O)Nc3ccc(-c4ccccc4S(N)(=O)=O)cn3)C2)ccc1Cl. The number of aromatic nitrogens is 4. The first-order chi connectivity index (χ1) is 18.1. The molecule has 0 spiro atoms. The first-order valence-electron chi connectivity index (χ1n) is 11.2. The van der Waals surface area contributed by atoms with Crippen LogP contribution in [-0.2, 0) is 26.2 Å². The van der Waals surface area contributed by atoms with E-state index in [1.807, 2.05) is 0 Å². The fourth-order valence-electron chi connectivity index (χ4n) is 4.02. The Morgan fingerprint density at radius 3 is 2.63 bits per heavy atom. The van der Waals surface area contributed by atoms with Gasteiger partial charge in [0.15, 0.2) is 0 Å². The number of primary sulfonamides is 1. The molecule has 14 heteroatoms. The first-order valence-corrected chi connectivity index (χ1v) is 13.1. The maximum absolute atomic E-state index is 13.5. The van der Waals surface area contributed by atoms with Crippen LogP contribution in [0.4, 0.5) is 11.5 Å². The van der Waals surface area contributed by atoms with Crippen LogP contribution in [0.5, 0.6) is 0 Å². The lowest BCUT2D eigenvalue weighted by Gasteiger charge is -2.25. The Morgan fingerprint density at radius 2 is 1.95 bits per heavy atom. The number of carbonyl (C=O) groups is 1. The molecule has 1 aliphatic heterocycles. The quantitative estimate of drug-likeness (QED) is 0.292. The number of pyridine rings is 1. The molecule has 5 N–H and O–H groups in total. The standard InChI is InChI=1S/C24H21ClN8O4S/c25-18-7-5-15(9-19(18)26)20-10-24(37-32-20,12-33-14-28-13-30-33)23(34)31-22-8-6-16(11-29-22)17-3-1-2-4-21(17)38(27,35)36/h1-9,11,13-14H,10,12,26H2,(H2,27,35,36)(H,29,31,34)/t24-/m0/s1. The number of nitrogens with zero attached hydrogens (tertiary/aromatic N) is 5. The molecule has 4 aromatic rings. The Balaban J connectivity index is 1.39. The van der Waals surface area contributed by atoms with E-state index < -0.39 is 21.5 Å². The van der Waals surface area contributed by atoms with Gasteiger partial charge in [0, 0.05) is 29.3 Å². The zero-order valence-corrected chi connectivity index (χ0v) is 21.2. The Morgan fingerprint density at radius 1 is 1.16 bits per heavy atom. The molecule has 5 rings (SSSR count). The van der Waals surface area contributed by atoms with Crippen LogP contribution in [0.15, 0.2) is 83.5 Å². The predicted molar refractivity (Wildman–Crippen MR) is 141 cm³/mol. The van der Waals surface area contributed by atoms with Crippen LogP contribution in [0, 0.1) is 0 Å². The Hall–Kier alpha value is -4.33. The highest BCUT2D eigenvalue weighted by Gasteiger charge is 2.48. The van der Waals surface area contributed by atoms with Gasteiger partial charge in [0.05, 0.1) is 27.9 Å². The second-order valence-electron chi connectivity index (χ2n) is 8.56. The lowest BCUT2D eigenvalue weighted by Crippen LogP contribution is -2.47. The van der Waals surface area contributed by atoms with Gasteiger partial charge in [0.25, 0.3) is 5.91 Å². The number of amides is 1. The number of halogens is 1. The molecule has 0 saturated carbocycles. The summed E-state index contributed by atoms with van der Waals surface area (Å²) in [6, 6.07) is 14.5. The van der Waals surface area contributed by atoms with Gasteiger partial charge in [-0.15, -0.1) is 0 Å². The number of carbonyl (C=O) groups excluding carboxylic acids is 1. The van der Waals surface area contributed by atoms with E-state index in [1.165, 1.54) is 29.6 Å². The smallest absolute Gasteiger partial charge is 0.274 e. The normalized spacial score (nSPS) is 17.1. The molecule has 3 heterocycles. The second kappa shape index (κ2) is 9.85. The summed E-state index contributed by atoms with van der Waals surface area (Å²) in [5.74, 6) is -0.295. The minimum Gasteiger partial charge on any atom is -0.398 e. The van der Waals surface area contributed by atoms with Crippen molar-refractivity contribution in [2.75, 3.05) is 11.1 Å². The number of hydrogen-bond acceptors (Lipinski definition) is 9. The lowest BCUT2D eigenvalue weighted by atomic mass is 9.92. The molecule has 194 valence electrons. The molecule has 0 aliphatic carbocycles. The van der Waals surface area contributed by atoms with Crippen molar-refractivity contribution in [3.63, 3.8) is 0 Å². The van der Waals surface area contributed by atoms with Gasteiger partial charge in [-0.05, 0) is 30.3 Å². The summed E-state index contributed by atoms with van der Waals surface area (Å²) in [5.41, 5.74) is 6.92. The Kier molecular flexibility index (Phi) is 6.57. The van der Waals surface area contributed by atoms with Gasteiger partial charge in [0.2, 0.25) is 15.6 Å². The second-order valence-corrected chi connectivity index (χ2v) is 10.5. The van der Waals surface area contributed by atoms with Gasteiger partial charge in [-0.2, -0.15) is 5.10 Å². The molecule has 1 atom stereocenters. The van der Waals surface area contributed by atoms with E-state index >= 15 is 0 Å². The van der Waals surface area contributed by atoms with Crippen molar-refractivity contribution in [1.82, 2.24) is 19.7 Å². The highest BCUT2D eigenvalue weighted by molar-refractivity contribution is 7.89. The molecule has 1 amide bonds. The minimum absolute atomic E-state index is 0.0225. The maximum Gasteiger partial charge on any atom is 0.274 e. The van der Waals surface area contributed by atoms with Gasteiger partial charge < -0.3 is 15.9 Å². The average Bonchev–Trinajstić information content (AvgIpc) is 3.57. The number of nitrogens with two attached hydrogens (primary N) is 2. The molecule has 0 saturated heterocycles. The van der Waals surface area contributed by atoms with Crippen molar-refractivity contribution in [1.29, 1.82) is 0 Å². The van der Waals surface area contributed by atoms with Crippen LogP contribution in [-0.4, -0.2) is 45.4 Å². The third-order valence-corrected chi connectivity index (χ3v) is 7.23. The third kappa shape index (κ3) is 5.07. The summed E-state index contributed by atoms with van der Waals surface area (Å²) in [6.45, 7) is 0.0225. The number of nitrogens with one attached hydrogen (secondary N) is 1. The molecule has 38 heavy (non-hydrogen) atoms. The molecule has 2 aromatic carbocycles. The van der Waals surface area contributed by atoms with Crippen molar-refractivity contribution >= 4 is 44.7 Å². The van der Waals surface area contributed by atoms with E-state index in [0.29, 0.717) is 33.1 Å². The summed E-state index contributed by atoms with van der Waals surface area (Å²) in [5, 5.41) is 16.8. The van der Waals surface area contributed by atoms with E-state index in [-0.39, 0.29) is 23.7 Å². The summed E-state index contributed by atoms with van der Waals surface area (Å²) in [4.78, 5) is 27.5. The van der Waals surface area contributed by atoms with E-state index in [2.05, 4.69) is 25.5 Å². The number of hydrogen-bond donors (Lipinski definition) is 3. The molecule has 1 aliphatic rings. The highest BCUT2D eigenvalue weighted by atomic mass is 35.5. The van der Waals surface area contributed by atoms with Gasteiger partial charge in [-0.3, -0.25) is 4.79 Å². The molecule has 12 nitrogen and oxygen atoms in total. The molecule has 0 bridgehead atoms. The van der Waals surface area contributed by atoms with Crippen LogP contribution >= 0.6 is 11.6 Å². The lowest BCUT2D eigenvalue weighted by molar-refractivity contribution is -0.140. The van der Waals surface area contributed by atoms with E-state index in [4.69, 9.17) is 27.3 Å². The van der Waals surface area contributed by atoms with Gasteiger partial charge in [-0.25, -0.2) is 28.2 Å². The van der Waals surface area contributed by atoms with Gasteiger partial charge in [0.1, 0.15) is 18.5 Å². The minimum atomic E-state index is -3.94. The summed E-state index contributed by atoms with van der Waals surface area (Å²) in [6.07, 6.45) is 4.37. The number of anilines is 2. The highest BCUT2D eigenvalue weighted by Crippen LogP contribution is 2.32. The molecule has 0 unspecified atom stereocenters. The number of sulfonamides is 1. The Bertz CT molecular complexity index is 1640. The largest absolute Gasteiger partial charge is 0.398 e. The zero-order chi connectivity index (χ0) is 26.9. The number of nitrogen functional groups attached to an aromatic ring is 1. The fraction of sp³-hybridized carbons (Fsp3) is 0.125. The topological polar surface area (TPSA) is 180 Å². The zero-order valence-electron chi connectivity index (χ0n) is 19.7. The van der Waals surface area contributed by atoms with Gasteiger partial charge >= 0.3 is 0 Å². The first kappa shape index (κ1) is 25.3. The predicted octanol–water partition coefficient (Wildman–Crippen LogP) is 2.43. The van der Waals surface area contributed by atoms with Crippen molar-refractivity contribution in [3.8, 4) is 11.1 Å².